The zero-order valence-corrected chi connectivity index (χ0v) is 18.2. The third-order valence-electron chi connectivity index (χ3n) is 5.97. The Morgan fingerprint density at radius 3 is 1.97 bits per heavy atom. The van der Waals surface area contributed by atoms with E-state index in [4.69, 9.17) is 14.7 Å². The molecule has 1 aliphatic rings. The van der Waals surface area contributed by atoms with E-state index in [0.29, 0.717) is 5.56 Å². The number of methoxy groups -OCH3 is 2. The third kappa shape index (κ3) is 3.72. The van der Waals surface area contributed by atoms with Crippen molar-refractivity contribution in [3.63, 3.8) is 0 Å². The molecule has 1 N–H and O–H groups in total. The summed E-state index contributed by atoms with van der Waals surface area (Å²) in [6.45, 7) is 0. The lowest BCUT2D eigenvalue weighted by Gasteiger charge is -2.44. The van der Waals surface area contributed by atoms with Crippen molar-refractivity contribution in [2.75, 3.05) is 14.2 Å². The fraction of sp³-hybridized carbons (Fsp3) is 0.240. The van der Waals surface area contributed by atoms with E-state index in [0.717, 1.165) is 26.4 Å². The van der Waals surface area contributed by atoms with E-state index >= 15 is 0 Å². The van der Waals surface area contributed by atoms with Gasteiger partial charge < -0.3 is 14.6 Å². The Morgan fingerprint density at radius 1 is 0.941 bits per heavy atom. The van der Waals surface area contributed by atoms with E-state index in [2.05, 4.69) is 0 Å². The molecule has 0 saturated heterocycles. The number of hydrogen-bond acceptors (Lipinski definition) is 8. The number of aliphatic hydroxyl groups excluding tert-OH is 1. The predicted octanol–water partition coefficient (Wildman–Crippen LogP) is 3.39. The zero-order chi connectivity index (χ0) is 25.0. The molecule has 0 radical (unpaired) electrons. The Labute approximate surface area is 194 Å². The SMILES string of the molecule is COC(=O)C1=C(O)C(C(=O)OC)C(c2ccc(C#N)cc2)C(C#N)(C#N)C1c1ccc(F)cc1. The highest BCUT2D eigenvalue weighted by Gasteiger charge is 2.61. The highest BCUT2D eigenvalue weighted by molar-refractivity contribution is 5.94. The number of ether oxygens (including phenoxy) is 2. The van der Waals surface area contributed by atoms with Crippen LogP contribution < -0.4 is 0 Å². The maximum Gasteiger partial charge on any atom is 0.337 e. The predicted molar refractivity (Wildman–Crippen MR) is 114 cm³/mol. The van der Waals surface area contributed by atoms with Gasteiger partial charge >= 0.3 is 11.9 Å². The van der Waals surface area contributed by atoms with Gasteiger partial charge in [-0.1, -0.05) is 24.3 Å². The number of carbonyl (C=O) groups is 2. The minimum absolute atomic E-state index is 0.179. The molecule has 0 aromatic heterocycles. The summed E-state index contributed by atoms with van der Waals surface area (Å²) in [5, 5.41) is 41.1. The van der Waals surface area contributed by atoms with Gasteiger partial charge in [-0.3, -0.25) is 4.79 Å². The van der Waals surface area contributed by atoms with Crippen molar-refractivity contribution in [3.05, 3.63) is 82.4 Å². The lowest BCUT2D eigenvalue weighted by molar-refractivity contribution is -0.147. The van der Waals surface area contributed by atoms with Crippen molar-refractivity contribution in [2.45, 2.75) is 11.8 Å². The van der Waals surface area contributed by atoms with Crippen LogP contribution in [0.15, 0.2) is 59.9 Å². The van der Waals surface area contributed by atoms with Crippen LogP contribution in [-0.2, 0) is 19.1 Å². The highest BCUT2D eigenvalue weighted by atomic mass is 19.1. The van der Waals surface area contributed by atoms with E-state index in [9.17, 15) is 29.6 Å². The van der Waals surface area contributed by atoms with Gasteiger partial charge in [0.1, 0.15) is 17.5 Å². The fourth-order valence-corrected chi connectivity index (χ4v) is 4.45. The van der Waals surface area contributed by atoms with Gasteiger partial charge in [-0.15, -0.1) is 0 Å². The highest BCUT2D eigenvalue weighted by Crippen LogP contribution is 2.58. The number of rotatable bonds is 4. The third-order valence-corrected chi connectivity index (χ3v) is 5.97. The van der Waals surface area contributed by atoms with Crippen LogP contribution >= 0.6 is 0 Å². The van der Waals surface area contributed by atoms with Crippen LogP contribution in [0.5, 0.6) is 0 Å². The van der Waals surface area contributed by atoms with E-state index in [1.807, 2.05) is 18.2 Å². The first-order valence-electron chi connectivity index (χ1n) is 9.96. The Hall–Kier alpha value is -4.68. The molecular weight excluding hydrogens is 441 g/mol. The monoisotopic (exact) mass is 459 g/mol. The van der Waals surface area contributed by atoms with Crippen molar-refractivity contribution >= 4 is 11.9 Å². The van der Waals surface area contributed by atoms with Crippen LogP contribution in [0.4, 0.5) is 4.39 Å². The van der Waals surface area contributed by atoms with Crippen molar-refractivity contribution in [3.8, 4) is 18.2 Å². The second-order valence-corrected chi connectivity index (χ2v) is 7.58. The van der Waals surface area contributed by atoms with Crippen LogP contribution in [0.25, 0.3) is 0 Å². The molecule has 8 nitrogen and oxygen atoms in total. The Kier molecular flexibility index (Phi) is 6.66. The van der Waals surface area contributed by atoms with Crippen LogP contribution in [0.1, 0.15) is 28.5 Å². The number of nitriles is 3. The normalized spacial score (nSPS) is 20.9. The molecule has 9 heteroatoms. The number of carbonyl (C=O) groups excluding carboxylic acids is 2. The van der Waals surface area contributed by atoms with Gasteiger partial charge in [0.25, 0.3) is 0 Å². The van der Waals surface area contributed by atoms with Crippen LogP contribution in [-0.4, -0.2) is 31.3 Å². The van der Waals surface area contributed by atoms with Gasteiger partial charge in [-0.2, -0.15) is 15.8 Å². The first kappa shape index (κ1) is 24.0. The topological polar surface area (TPSA) is 144 Å². The molecule has 0 aliphatic heterocycles. The van der Waals surface area contributed by atoms with Crippen LogP contribution in [0.3, 0.4) is 0 Å². The van der Waals surface area contributed by atoms with Crippen molar-refractivity contribution in [1.29, 1.82) is 15.8 Å². The molecular formula is C25H18FN3O5. The van der Waals surface area contributed by atoms with Crippen molar-refractivity contribution in [2.24, 2.45) is 11.3 Å². The van der Waals surface area contributed by atoms with Gasteiger partial charge in [0.2, 0.25) is 0 Å². The summed E-state index contributed by atoms with van der Waals surface area (Å²) in [5.74, 6) is -7.69. The van der Waals surface area contributed by atoms with Crippen LogP contribution in [0.2, 0.25) is 0 Å². The number of esters is 2. The van der Waals surface area contributed by atoms with E-state index in [1.165, 1.54) is 36.4 Å². The molecule has 0 bridgehead atoms. The average Bonchev–Trinajstić information content (AvgIpc) is 2.87. The van der Waals surface area contributed by atoms with Crippen molar-refractivity contribution in [1.82, 2.24) is 0 Å². The maximum absolute atomic E-state index is 13.7. The minimum atomic E-state index is -2.14. The smallest absolute Gasteiger partial charge is 0.337 e. The molecule has 2 aromatic carbocycles. The maximum atomic E-state index is 13.7. The standard InChI is InChI=1S/C25H18FN3O5/c1-33-23(31)18-20(15-5-3-14(11-27)4-6-15)25(12-28,13-29)21(16-7-9-17(26)10-8-16)19(22(18)30)24(32)34-2/h3-10,18,20-21,30H,1-2H3. The van der Waals surface area contributed by atoms with Gasteiger partial charge in [0.15, 0.2) is 5.41 Å². The largest absolute Gasteiger partial charge is 0.511 e. The average molecular weight is 459 g/mol. The van der Waals surface area contributed by atoms with E-state index in [1.54, 1.807) is 0 Å². The summed E-state index contributed by atoms with van der Waals surface area (Å²) in [4.78, 5) is 25.7. The second kappa shape index (κ2) is 9.44. The molecule has 1 aliphatic carbocycles. The summed E-state index contributed by atoms with van der Waals surface area (Å²) in [6.07, 6.45) is 0. The molecule has 3 unspecified atom stereocenters. The van der Waals surface area contributed by atoms with E-state index < -0.39 is 52.3 Å². The quantitative estimate of drug-likeness (QED) is 0.685. The van der Waals surface area contributed by atoms with Gasteiger partial charge in [-0.05, 0) is 35.4 Å². The summed E-state index contributed by atoms with van der Waals surface area (Å²) in [7, 11) is 2.11. The summed E-state index contributed by atoms with van der Waals surface area (Å²) >= 11 is 0. The van der Waals surface area contributed by atoms with Gasteiger partial charge in [0.05, 0.1) is 49.5 Å². The van der Waals surface area contributed by atoms with Crippen molar-refractivity contribution < 1.29 is 28.6 Å². The molecule has 34 heavy (non-hydrogen) atoms. The lowest BCUT2D eigenvalue weighted by atomic mass is 9.54. The molecule has 170 valence electrons. The Morgan fingerprint density at radius 2 is 1.50 bits per heavy atom. The number of hydrogen-bond donors (Lipinski definition) is 1. The Balaban J connectivity index is 2.46. The molecule has 0 amide bonds. The summed E-state index contributed by atoms with van der Waals surface area (Å²) in [6, 6.07) is 16.4. The number of nitrogens with zero attached hydrogens (tertiary/aromatic N) is 3. The summed E-state index contributed by atoms with van der Waals surface area (Å²) in [5.41, 5.74) is -1.87. The number of benzene rings is 2. The molecule has 3 atom stereocenters. The molecule has 0 heterocycles. The molecule has 0 saturated carbocycles. The van der Waals surface area contributed by atoms with Crippen LogP contribution in [0, 0.1) is 51.1 Å². The van der Waals surface area contributed by atoms with E-state index in [-0.39, 0.29) is 11.1 Å². The van der Waals surface area contributed by atoms with Gasteiger partial charge in [0, 0.05) is 5.92 Å². The molecule has 3 rings (SSSR count). The fourth-order valence-electron chi connectivity index (χ4n) is 4.45. The summed E-state index contributed by atoms with van der Waals surface area (Å²) < 4.78 is 23.3. The molecule has 0 fully saturated rings. The number of aliphatic hydroxyl groups is 1. The lowest BCUT2D eigenvalue weighted by Crippen LogP contribution is -2.47. The Bertz CT molecular complexity index is 1270. The number of halogens is 1. The first-order chi connectivity index (χ1) is 16.3. The molecule has 2 aromatic rings. The minimum Gasteiger partial charge on any atom is -0.511 e. The van der Waals surface area contributed by atoms with Gasteiger partial charge in [-0.25, -0.2) is 9.18 Å². The second-order valence-electron chi connectivity index (χ2n) is 7.58. The molecule has 0 spiro atoms. The first-order valence-corrected chi connectivity index (χ1v) is 9.96. The zero-order valence-electron chi connectivity index (χ0n) is 18.2.